The van der Waals surface area contributed by atoms with Crippen LogP contribution in [0.1, 0.15) is 4.88 Å². The number of alkyl halides is 3. The molecule has 2 rings (SSSR count). The van der Waals surface area contributed by atoms with Gasteiger partial charge < -0.3 is 9.47 Å². The third-order valence-electron chi connectivity index (χ3n) is 2.12. The fourth-order valence-electron chi connectivity index (χ4n) is 1.37. The Hall–Kier alpha value is -2.00. The molecule has 1 aromatic heterocycles. The van der Waals surface area contributed by atoms with Crippen molar-refractivity contribution in [2.75, 3.05) is 5.43 Å². The second-order valence-corrected chi connectivity index (χ2v) is 4.67. The molecule has 3 N–H and O–H groups in total. The highest BCUT2D eigenvalue weighted by atomic mass is 32.1. The number of benzene rings is 1. The van der Waals surface area contributed by atoms with Crippen LogP contribution in [0.5, 0.6) is 11.5 Å². The van der Waals surface area contributed by atoms with Crippen molar-refractivity contribution in [1.82, 2.24) is 4.98 Å². The third-order valence-corrected chi connectivity index (χ3v) is 3.02. The fourth-order valence-corrected chi connectivity index (χ4v) is 2.00. The average Bonchev–Trinajstić information content (AvgIpc) is 2.84. The molecule has 2 aromatic rings. The molecule has 0 saturated carbocycles. The van der Waals surface area contributed by atoms with Crippen LogP contribution in [-0.4, -0.2) is 11.3 Å². The van der Waals surface area contributed by atoms with Gasteiger partial charge in [-0.1, -0.05) is 23.5 Å². The number of para-hydroxylation sites is 2. The first-order chi connectivity index (χ1) is 9.48. The van der Waals surface area contributed by atoms with Crippen molar-refractivity contribution in [3.63, 3.8) is 0 Å². The molecule has 108 valence electrons. The number of anilines is 1. The standard InChI is InChI=1S/C11H10F3N3O2S/c12-11(13,14)19-9-4-2-1-3-8(9)18-6-7-5-16-10(17-15)20-7/h1-5H,6,15H2,(H,16,17). The molecule has 0 aliphatic carbocycles. The summed E-state index contributed by atoms with van der Waals surface area (Å²) in [5.41, 5.74) is 2.37. The van der Waals surface area contributed by atoms with E-state index in [4.69, 9.17) is 10.6 Å². The zero-order chi connectivity index (χ0) is 14.6. The Morgan fingerprint density at radius 1 is 1.25 bits per heavy atom. The molecule has 0 bridgehead atoms. The first kappa shape index (κ1) is 14.4. The smallest absolute Gasteiger partial charge is 0.484 e. The van der Waals surface area contributed by atoms with Gasteiger partial charge in [0.05, 0.1) is 4.88 Å². The lowest BCUT2D eigenvalue weighted by Crippen LogP contribution is -2.17. The van der Waals surface area contributed by atoms with E-state index in [1.54, 1.807) is 6.07 Å². The van der Waals surface area contributed by atoms with Gasteiger partial charge in [0.15, 0.2) is 16.6 Å². The molecule has 0 amide bonds. The molecule has 0 spiro atoms. The molecule has 0 unspecified atom stereocenters. The molecule has 0 aliphatic rings. The molecule has 0 atom stereocenters. The third kappa shape index (κ3) is 4.00. The van der Waals surface area contributed by atoms with Crippen LogP contribution in [0.25, 0.3) is 0 Å². The summed E-state index contributed by atoms with van der Waals surface area (Å²) in [6.45, 7) is 0.0670. The summed E-state index contributed by atoms with van der Waals surface area (Å²) in [5, 5.41) is 0.489. The second-order valence-electron chi connectivity index (χ2n) is 3.56. The molecule has 0 fully saturated rings. The van der Waals surface area contributed by atoms with Crippen molar-refractivity contribution in [2.45, 2.75) is 13.0 Å². The average molecular weight is 305 g/mol. The van der Waals surface area contributed by atoms with Crippen LogP contribution in [0.2, 0.25) is 0 Å². The van der Waals surface area contributed by atoms with E-state index in [0.717, 1.165) is 0 Å². The maximum absolute atomic E-state index is 12.2. The molecule has 0 aliphatic heterocycles. The lowest BCUT2D eigenvalue weighted by molar-refractivity contribution is -0.275. The SMILES string of the molecule is NNc1ncc(COc2ccccc2OC(F)(F)F)s1. The molecule has 0 radical (unpaired) electrons. The number of nitrogens with one attached hydrogen (secondary N) is 1. The Morgan fingerprint density at radius 3 is 2.55 bits per heavy atom. The van der Waals surface area contributed by atoms with E-state index in [1.807, 2.05) is 0 Å². The summed E-state index contributed by atoms with van der Waals surface area (Å²) in [6, 6.07) is 5.56. The Kier molecular flexibility index (Phi) is 4.30. The van der Waals surface area contributed by atoms with Gasteiger partial charge in [-0.15, -0.1) is 13.2 Å². The van der Waals surface area contributed by atoms with Crippen LogP contribution in [0, 0.1) is 0 Å². The number of thiazole rings is 1. The first-order valence-corrected chi connectivity index (χ1v) is 6.18. The summed E-state index contributed by atoms with van der Waals surface area (Å²) >= 11 is 1.24. The van der Waals surface area contributed by atoms with E-state index in [0.29, 0.717) is 10.0 Å². The minimum Gasteiger partial charge on any atom is -0.484 e. The molecule has 1 heterocycles. The minimum atomic E-state index is -4.76. The van der Waals surface area contributed by atoms with Gasteiger partial charge in [-0.3, -0.25) is 5.43 Å². The maximum atomic E-state index is 12.2. The summed E-state index contributed by atoms with van der Waals surface area (Å²) in [4.78, 5) is 4.63. The second kappa shape index (κ2) is 5.97. The highest BCUT2D eigenvalue weighted by molar-refractivity contribution is 7.15. The van der Waals surface area contributed by atoms with Crippen LogP contribution in [0.4, 0.5) is 18.3 Å². The molecule has 5 nitrogen and oxygen atoms in total. The van der Waals surface area contributed by atoms with Gasteiger partial charge in [-0.2, -0.15) is 0 Å². The molecule has 1 aromatic carbocycles. The molecule has 9 heteroatoms. The molecular weight excluding hydrogens is 295 g/mol. The Balaban J connectivity index is 2.05. The van der Waals surface area contributed by atoms with Gasteiger partial charge in [0.25, 0.3) is 0 Å². The first-order valence-electron chi connectivity index (χ1n) is 5.37. The van der Waals surface area contributed by atoms with E-state index < -0.39 is 6.36 Å². The number of aromatic nitrogens is 1. The number of rotatable bonds is 5. The number of nitrogens with zero attached hydrogens (tertiary/aromatic N) is 1. The summed E-state index contributed by atoms with van der Waals surface area (Å²) in [7, 11) is 0. The lowest BCUT2D eigenvalue weighted by Gasteiger charge is -2.13. The Labute approximate surface area is 116 Å². The quantitative estimate of drug-likeness (QED) is 0.656. The monoisotopic (exact) mass is 305 g/mol. The van der Waals surface area contributed by atoms with Crippen molar-refractivity contribution < 1.29 is 22.6 Å². The van der Waals surface area contributed by atoms with Gasteiger partial charge in [0, 0.05) is 6.20 Å². The van der Waals surface area contributed by atoms with E-state index in [2.05, 4.69) is 15.1 Å². The number of hydrogen-bond acceptors (Lipinski definition) is 6. The number of hydrogen-bond donors (Lipinski definition) is 2. The summed E-state index contributed by atoms with van der Waals surface area (Å²) < 4.78 is 45.9. The van der Waals surface area contributed by atoms with Gasteiger partial charge >= 0.3 is 6.36 Å². The van der Waals surface area contributed by atoms with Crippen LogP contribution in [0.3, 0.4) is 0 Å². The minimum absolute atomic E-state index is 0.000447. The molecule has 0 saturated heterocycles. The van der Waals surface area contributed by atoms with Gasteiger partial charge in [0.1, 0.15) is 6.61 Å². The van der Waals surface area contributed by atoms with Crippen LogP contribution >= 0.6 is 11.3 Å². The van der Waals surface area contributed by atoms with Crippen LogP contribution in [-0.2, 0) is 6.61 Å². The van der Waals surface area contributed by atoms with Crippen LogP contribution in [0.15, 0.2) is 30.5 Å². The topological polar surface area (TPSA) is 69.4 Å². The predicted molar refractivity (Wildman–Crippen MR) is 67.4 cm³/mol. The highest BCUT2D eigenvalue weighted by Crippen LogP contribution is 2.32. The van der Waals surface area contributed by atoms with Crippen molar-refractivity contribution >= 4 is 16.5 Å². The van der Waals surface area contributed by atoms with Crippen molar-refractivity contribution in [2.24, 2.45) is 5.84 Å². The van der Waals surface area contributed by atoms with Gasteiger partial charge in [-0.25, -0.2) is 10.8 Å². The number of hydrazine groups is 1. The maximum Gasteiger partial charge on any atom is 0.573 e. The van der Waals surface area contributed by atoms with E-state index >= 15 is 0 Å². The van der Waals surface area contributed by atoms with E-state index in [-0.39, 0.29) is 18.1 Å². The normalized spacial score (nSPS) is 11.2. The molecule has 20 heavy (non-hydrogen) atoms. The fraction of sp³-hybridized carbons (Fsp3) is 0.182. The largest absolute Gasteiger partial charge is 0.573 e. The zero-order valence-electron chi connectivity index (χ0n) is 9.98. The van der Waals surface area contributed by atoms with E-state index in [9.17, 15) is 13.2 Å². The number of halogens is 3. The Morgan fingerprint density at radius 2 is 1.95 bits per heavy atom. The van der Waals surface area contributed by atoms with Crippen LogP contribution < -0.4 is 20.7 Å². The Bertz CT molecular complexity index is 574. The highest BCUT2D eigenvalue weighted by Gasteiger charge is 2.32. The number of ether oxygens (including phenoxy) is 2. The van der Waals surface area contributed by atoms with Crippen molar-refractivity contribution in [3.8, 4) is 11.5 Å². The van der Waals surface area contributed by atoms with E-state index in [1.165, 1.54) is 35.7 Å². The molecular formula is C11H10F3N3O2S. The predicted octanol–water partition coefficient (Wildman–Crippen LogP) is 2.91. The summed E-state index contributed by atoms with van der Waals surface area (Å²) in [5.74, 6) is 4.79. The van der Waals surface area contributed by atoms with Crippen molar-refractivity contribution in [3.05, 3.63) is 35.3 Å². The summed E-state index contributed by atoms with van der Waals surface area (Å²) in [6.07, 6.45) is -3.24. The van der Waals surface area contributed by atoms with Crippen molar-refractivity contribution in [1.29, 1.82) is 0 Å². The number of nitrogen functional groups attached to an aromatic ring is 1. The number of nitrogens with two attached hydrogens (primary N) is 1. The van der Waals surface area contributed by atoms with Gasteiger partial charge in [-0.05, 0) is 12.1 Å². The van der Waals surface area contributed by atoms with Gasteiger partial charge in [0.2, 0.25) is 0 Å². The lowest BCUT2D eigenvalue weighted by atomic mass is 10.3. The zero-order valence-corrected chi connectivity index (χ0v) is 10.8.